The van der Waals surface area contributed by atoms with Gasteiger partial charge in [-0.3, -0.25) is 4.79 Å². The number of carbonyl (C=O) groups is 1. The van der Waals surface area contributed by atoms with Gasteiger partial charge in [0, 0.05) is 22.8 Å². The highest BCUT2D eigenvalue weighted by atomic mass is 32.2. The molecular weight excluding hydrogens is 326 g/mol. The number of thioether (sulfide) groups is 2. The number of amides is 1. The normalized spacial score (nSPS) is 24.0. The lowest BCUT2D eigenvalue weighted by molar-refractivity contribution is -0.119. The van der Waals surface area contributed by atoms with Crippen LogP contribution in [0.2, 0.25) is 0 Å². The molecule has 3 rings (SSSR count). The second-order valence-corrected chi connectivity index (χ2v) is 8.80. The van der Waals surface area contributed by atoms with Crippen LogP contribution < -0.4 is 5.32 Å². The minimum atomic E-state index is 0.138. The van der Waals surface area contributed by atoms with E-state index in [4.69, 9.17) is 0 Å². The van der Waals surface area contributed by atoms with Crippen molar-refractivity contribution in [1.82, 2.24) is 15.3 Å². The van der Waals surface area contributed by atoms with Crippen LogP contribution >= 0.6 is 23.5 Å². The fraction of sp³-hybridized carbons (Fsp3) is 0.706. The highest BCUT2D eigenvalue weighted by Crippen LogP contribution is 2.48. The van der Waals surface area contributed by atoms with Crippen molar-refractivity contribution in [3.8, 4) is 0 Å². The van der Waals surface area contributed by atoms with Crippen molar-refractivity contribution >= 4 is 29.4 Å². The largest absolute Gasteiger partial charge is 0.353 e. The molecule has 4 nitrogen and oxygen atoms in total. The topological polar surface area (TPSA) is 54.9 Å². The molecule has 6 heteroatoms. The molecule has 1 saturated carbocycles. The van der Waals surface area contributed by atoms with Gasteiger partial charge in [-0.15, -0.1) is 11.8 Å². The fourth-order valence-electron chi connectivity index (χ4n) is 3.55. The van der Waals surface area contributed by atoms with E-state index in [0.29, 0.717) is 23.0 Å². The molecule has 0 unspecified atom stereocenters. The highest BCUT2D eigenvalue weighted by molar-refractivity contribution is 8.01. The summed E-state index contributed by atoms with van der Waals surface area (Å²) < 4.78 is 0. The van der Waals surface area contributed by atoms with E-state index in [9.17, 15) is 4.79 Å². The maximum Gasteiger partial charge on any atom is 0.230 e. The van der Waals surface area contributed by atoms with Crippen LogP contribution in [0.3, 0.4) is 0 Å². The molecule has 2 atom stereocenters. The van der Waals surface area contributed by atoms with Crippen LogP contribution in [0.15, 0.2) is 10.1 Å². The van der Waals surface area contributed by atoms with Crippen molar-refractivity contribution in [2.45, 2.75) is 80.1 Å². The standard InChI is InChI=1S/C17H25N3OS2/c1-4-13-10(2)23-17-15(13)16(18-11(3)19-17)22-9-14(21)20-12-7-5-6-8-12/h10,12-13H,4-9H2,1-3H3,(H,20,21)/t10-,13+/m1/s1. The van der Waals surface area contributed by atoms with Crippen molar-refractivity contribution in [2.24, 2.45) is 0 Å². The monoisotopic (exact) mass is 351 g/mol. The maximum absolute atomic E-state index is 12.2. The van der Waals surface area contributed by atoms with Gasteiger partial charge in [0.1, 0.15) is 15.9 Å². The Hall–Kier alpha value is -0.750. The van der Waals surface area contributed by atoms with Gasteiger partial charge in [-0.25, -0.2) is 9.97 Å². The van der Waals surface area contributed by atoms with E-state index in [2.05, 4.69) is 29.1 Å². The van der Waals surface area contributed by atoms with Crippen LogP contribution in [-0.4, -0.2) is 32.9 Å². The molecule has 0 spiro atoms. The predicted octanol–water partition coefficient (Wildman–Crippen LogP) is 3.92. The summed E-state index contributed by atoms with van der Waals surface area (Å²) in [5.74, 6) is 1.89. The lowest BCUT2D eigenvalue weighted by atomic mass is 9.96. The number of fused-ring (bicyclic) bond motifs is 1. The van der Waals surface area contributed by atoms with Crippen LogP contribution in [0.25, 0.3) is 0 Å². The molecular formula is C17H25N3OS2. The minimum Gasteiger partial charge on any atom is -0.353 e. The third-order valence-electron chi connectivity index (χ3n) is 4.72. The lowest BCUT2D eigenvalue weighted by Gasteiger charge is -2.16. The van der Waals surface area contributed by atoms with Gasteiger partial charge in [0.25, 0.3) is 0 Å². The predicted molar refractivity (Wildman–Crippen MR) is 96.2 cm³/mol. The summed E-state index contributed by atoms with van der Waals surface area (Å²) in [5, 5.41) is 5.83. The average molecular weight is 352 g/mol. The molecule has 0 aromatic carbocycles. The molecule has 1 N–H and O–H groups in total. The van der Waals surface area contributed by atoms with Crippen LogP contribution in [0.5, 0.6) is 0 Å². The Morgan fingerprint density at radius 1 is 1.35 bits per heavy atom. The first-order valence-electron chi connectivity index (χ1n) is 8.55. The van der Waals surface area contributed by atoms with Gasteiger partial charge in [-0.2, -0.15) is 0 Å². The van der Waals surface area contributed by atoms with Crippen molar-refractivity contribution in [1.29, 1.82) is 0 Å². The molecule has 0 radical (unpaired) electrons. The molecule has 126 valence electrons. The molecule has 1 aliphatic carbocycles. The van der Waals surface area contributed by atoms with Gasteiger partial charge in [-0.05, 0) is 26.2 Å². The SMILES string of the molecule is CC[C@@H]1c2c(SCC(=O)NC3CCCC3)nc(C)nc2S[C@@H]1C. The second kappa shape index (κ2) is 7.43. The zero-order valence-corrected chi connectivity index (χ0v) is 15.7. The third kappa shape index (κ3) is 3.85. The van der Waals surface area contributed by atoms with Crippen LogP contribution in [-0.2, 0) is 4.79 Å². The lowest BCUT2D eigenvalue weighted by Crippen LogP contribution is -2.33. The van der Waals surface area contributed by atoms with E-state index in [1.54, 1.807) is 11.8 Å². The first-order valence-corrected chi connectivity index (χ1v) is 10.4. The van der Waals surface area contributed by atoms with E-state index >= 15 is 0 Å². The second-order valence-electron chi connectivity index (χ2n) is 6.47. The van der Waals surface area contributed by atoms with Gasteiger partial charge in [-0.1, -0.05) is 38.5 Å². The molecule has 0 saturated heterocycles. The summed E-state index contributed by atoms with van der Waals surface area (Å²) in [6, 6.07) is 0.389. The molecule has 2 heterocycles. The smallest absolute Gasteiger partial charge is 0.230 e. The van der Waals surface area contributed by atoms with Gasteiger partial charge in [0.2, 0.25) is 5.91 Å². The quantitative estimate of drug-likeness (QED) is 0.643. The van der Waals surface area contributed by atoms with Crippen LogP contribution in [0, 0.1) is 6.92 Å². The molecule has 1 amide bonds. The van der Waals surface area contributed by atoms with Crippen molar-refractivity contribution in [3.05, 3.63) is 11.4 Å². The zero-order valence-electron chi connectivity index (χ0n) is 14.1. The molecule has 1 aromatic rings. The first kappa shape index (κ1) is 17.1. The van der Waals surface area contributed by atoms with Gasteiger partial charge in [0.15, 0.2) is 0 Å². The number of hydrogen-bond donors (Lipinski definition) is 1. The number of aryl methyl sites for hydroxylation is 1. The molecule has 1 fully saturated rings. The highest BCUT2D eigenvalue weighted by Gasteiger charge is 2.33. The summed E-state index contributed by atoms with van der Waals surface area (Å²) in [6.07, 6.45) is 5.83. The van der Waals surface area contributed by atoms with Crippen molar-refractivity contribution in [3.63, 3.8) is 0 Å². The molecule has 23 heavy (non-hydrogen) atoms. The molecule has 1 aromatic heterocycles. The van der Waals surface area contributed by atoms with E-state index in [-0.39, 0.29) is 5.91 Å². The Balaban J connectivity index is 1.69. The number of nitrogens with one attached hydrogen (secondary N) is 1. The third-order valence-corrected chi connectivity index (χ3v) is 6.95. The van der Waals surface area contributed by atoms with Gasteiger partial charge in [0.05, 0.1) is 5.75 Å². The Morgan fingerprint density at radius 3 is 2.78 bits per heavy atom. The maximum atomic E-state index is 12.2. The first-order chi connectivity index (χ1) is 11.1. The van der Waals surface area contributed by atoms with Crippen LogP contribution in [0.4, 0.5) is 0 Å². The van der Waals surface area contributed by atoms with E-state index < -0.39 is 0 Å². The summed E-state index contributed by atoms with van der Waals surface area (Å²) in [4.78, 5) is 21.4. The summed E-state index contributed by atoms with van der Waals surface area (Å²) in [7, 11) is 0. The van der Waals surface area contributed by atoms with Crippen LogP contribution in [0.1, 0.15) is 63.3 Å². The molecule has 0 bridgehead atoms. The zero-order chi connectivity index (χ0) is 16.4. The minimum absolute atomic E-state index is 0.138. The van der Waals surface area contributed by atoms with Gasteiger partial charge >= 0.3 is 0 Å². The van der Waals surface area contributed by atoms with Crippen molar-refractivity contribution < 1.29 is 4.79 Å². The average Bonchev–Trinajstić information content (AvgIpc) is 3.11. The van der Waals surface area contributed by atoms with E-state index in [1.165, 1.54) is 18.4 Å². The van der Waals surface area contributed by atoms with E-state index in [0.717, 1.165) is 35.1 Å². The summed E-state index contributed by atoms with van der Waals surface area (Å²) >= 11 is 3.42. The van der Waals surface area contributed by atoms with E-state index in [1.807, 2.05) is 18.7 Å². The fourth-order valence-corrected chi connectivity index (χ4v) is 5.97. The summed E-state index contributed by atoms with van der Waals surface area (Å²) in [6.45, 7) is 6.42. The number of rotatable bonds is 5. The summed E-state index contributed by atoms with van der Waals surface area (Å²) in [5.41, 5.74) is 1.27. The number of nitrogens with zero attached hydrogens (tertiary/aromatic N) is 2. The van der Waals surface area contributed by atoms with Gasteiger partial charge < -0.3 is 5.32 Å². The number of carbonyl (C=O) groups excluding carboxylic acids is 1. The Bertz CT molecular complexity index is 587. The number of hydrogen-bond acceptors (Lipinski definition) is 5. The Kier molecular flexibility index (Phi) is 5.52. The Labute approximate surface area is 147 Å². The number of aromatic nitrogens is 2. The molecule has 1 aliphatic heterocycles. The Morgan fingerprint density at radius 2 is 2.09 bits per heavy atom. The van der Waals surface area contributed by atoms with Crippen molar-refractivity contribution in [2.75, 3.05) is 5.75 Å². The molecule has 2 aliphatic rings.